The third-order valence-electron chi connectivity index (χ3n) is 5.31. The summed E-state index contributed by atoms with van der Waals surface area (Å²) in [4.78, 5) is 28.5. The zero-order chi connectivity index (χ0) is 23.4. The minimum absolute atomic E-state index is 0.165. The Hall–Kier alpha value is -2.89. The summed E-state index contributed by atoms with van der Waals surface area (Å²) in [6, 6.07) is 10.3. The van der Waals surface area contributed by atoms with Crippen molar-refractivity contribution in [3.05, 3.63) is 51.9 Å². The standard InChI is InChI=1S/C22H24N4O5S2/c1-25-20(22(29)31-24-25)32-11-9-17(27)23-19-18(21(28)30-2)15-8-10-26(13-16(15)33-19)12-14-6-4-3-5-7-14/h3-7H,8-13H2,1-2H3,(H-,23,24,27,28,29). The summed E-state index contributed by atoms with van der Waals surface area (Å²) in [5.74, 6) is -0.832. The van der Waals surface area contributed by atoms with E-state index in [1.165, 1.54) is 40.5 Å². The lowest BCUT2D eigenvalue weighted by Crippen LogP contribution is -2.32. The molecule has 33 heavy (non-hydrogen) atoms. The van der Waals surface area contributed by atoms with Crippen LogP contribution in [0.3, 0.4) is 0 Å². The third kappa shape index (κ3) is 5.37. The molecule has 0 bridgehead atoms. The monoisotopic (exact) mass is 488 g/mol. The van der Waals surface area contributed by atoms with Crippen LogP contribution in [0.25, 0.3) is 0 Å². The molecule has 1 aliphatic heterocycles. The number of carbonyl (C=O) groups is 2. The number of benzene rings is 1. The molecule has 3 heterocycles. The van der Waals surface area contributed by atoms with Crippen LogP contribution in [0.1, 0.15) is 32.8 Å². The molecule has 0 fully saturated rings. The molecule has 3 aromatic rings. The Kier molecular flexibility index (Phi) is 7.31. The highest BCUT2D eigenvalue weighted by atomic mass is 32.2. The first-order valence-corrected chi connectivity index (χ1v) is 12.2. The van der Waals surface area contributed by atoms with E-state index >= 15 is 0 Å². The fraction of sp³-hybridized carbons (Fsp3) is 0.364. The van der Waals surface area contributed by atoms with Gasteiger partial charge >= 0.3 is 5.97 Å². The fourth-order valence-electron chi connectivity index (χ4n) is 3.73. The molecule has 0 saturated heterocycles. The molecule has 4 rings (SSSR count). The van der Waals surface area contributed by atoms with Crippen LogP contribution in [0, 0.1) is 0 Å². The van der Waals surface area contributed by atoms with Crippen molar-refractivity contribution in [3.8, 4) is 5.95 Å². The number of anilines is 1. The van der Waals surface area contributed by atoms with Gasteiger partial charge in [-0.3, -0.25) is 9.69 Å². The van der Waals surface area contributed by atoms with Crippen molar-refractivity contribution in [2.24, 2.45) is 7.05 Å². The van der Waals surface area contributed by atoms with Crippen LogP contribution in [0.2, 0.25) is 0 Å². The van der Waals surface area contributed by atoms with E-state index in [1.54, 1.807) is 7.05 Å². The van der Waals surface area contributed by atoms with Gasteiger partial charge in [0, 0.05) is 36.7 Å². The van der Waals surface area contributed by atoms with Gasteiger partial charge in [0.25, 0.3) is 5.03 Å². The number of thiophene rings is 1. The normalized spacial score (nSPS) is 13.5. The topological polar surface area (TPSA) is 112 Å². The van der Waals surface area contributed by atoms with Gasteiger partial charge in [0.15, 0.2) is 13.0 Å². The number of ether oxygens (including phenoxy) is 1. The number of fused-ring (bicyclic) bond motifs is 1. The zero-order valence-electron chi connectivity index (χ0n) is 18.3. The maximum absolute atomic E-state index is 12.6. The first-order chi connectivity index (χ1) is 16.0. The molecule has 11 heteroatoms. The van der Waals surface area contributed by atoms with Gasteiger partial charge in [0.2, 0.25) is 5.91 Å². The van der Waals surface area contributed by atoms with Gasteiger partial charge < -0.3 is 19.7 Å². The van der Waals surface area contributed by atoms with E-state index in [2.05, 4.69) is 32.1 Å². The molecule has 1 aromatic carbocycles. The van der Waals surface area contributed by atoms with Gasteiger partial charge in [0.05, 0.1) is 17.9 Å². The highest BCUT2D eigenvalue weighted by Gasteiger charge is 2.29. The van der Waals surface area contributed by atoms with E-state index in [1.807, 2.05) is 18.2 Å². The molecule has 174 valence electrons. The van der Waals surface area contributed by atoms with Gasteiger partial charge in [-0.15, -0.1) is 11.3 Å². The highest BCUT2D eigenvalue weighted by molar-refractivity contribution is 7.99. The predicted octanol–water partition coefficient (Wildman–Crippen LogP) is 2.10. The Bertz CT molecular complexity index is 1130. The Balaban J connectivity index is 1.43. The average molecular weight is 489 g/mol. The first-order valence-electron chi connectivity index (χ1n) is 10.4. The predicted molar refractivity (Wildman–Crippen MR) is 121 cm³/mol. The molecule has 0 spiro atoms. The number of carbonyl (C=O) groups excluding carboxylic acids is 2. The number of hydrogen-bond donors (Lipinski definition) is 1. The molecule has 1 aliphatic rings. The molecular weight excluding hydrogens is 464 g/mol. The largest absolute Gasteiger partial charge is 0.538 e. The number of nitrogens with zero attached hydrogens (tertiary/aromatic N) is 3. The Morgan fingerprint density at radius 1 is 1.36 bits per heavy atom. The minimum Gasteiger partial charge on any atom is -0.538 e. The van der Waals surface area contributed by atoms with Crippen LogP contribution < -0.4 is 15.1 Å². The van der Waals surface area contributed by atoms with E-state index in [4.69, 9.17) is 4.74 Å². The number of methoxy groups -OCH3 is 1. The van der Waals surface area contributed by atoms with Crippen molar-refractivity contribution in [1.82, 2.24) is 10.2 Å². The Morgan fingerprint density at radius 3 is 2.85 bits per heavy atom. The van der Waals surface area contributed by atoms with Gasteiger partial charge in [-0.05, 0) is 17.5 Å². The molecule has 0 saturated carbocycles. The molecule has 0 aliphatic carbocycles. The molecule has 0 unspecified atom stereocenters. The van der Waals surface area contributed by atoms with E-state index in [-0.39, 0.29) is 12.3 Å². The van der Waals surface area contributed by atoms with Crippen molar-refractivity contribution in [2.45, 2.75) is 31.0 Å². The number of rotatable bonds is 8. The molecule has 9 nitrogen and oxygen atoms in total. The Morgan fingerprint density at radius 2 is 2.15 bits per heavy atom. The van der Waals surface area contributed by atoms with Crippen LogP contribution in [-0.4, -0.2) is 41.5 Å². The highest BCUT2D eigenvalue weighted by Crippen LogP contribution is 2.38. The van der Waals surface area contributed by atoms with Crippen LogP contribution in [-0.2, 0) is 36.1 Å². The molecule has 2 aromatic heterocycles. The third-order valence-corrected chi connectivity index (χ3v) is 7.55. The number of aryl methyl sites for hydroxylation is 1. The molecule has 0 radical (unpaired) electrons. The number of nitrogens with one attached hydrogen (secondary N) is 1. The lowest BCUT2D eigenvalue weighted by molar-refractivity contribution is -0.772. The maximum atomic E-state index is 12.6. The number of amides is 1. The van der Waals surface area contributed by atoms with E-state index in [0.29, 0.717) is 34.3 Å². The van der Waals surface area contributed by atoms with Crippen molar-refractivity contribution < 1.29 is 28.6 Å². The maximum Gasteiger partial charge on any atom is 0.341 e. The van der Waals surface area contributed by atoms with Crippen LogP contribution in [0.15, 0.2) is 39.9 Å². The van der Waals surface area contributed by atoms with Crippen LogP contribution in [0.5, 0.6) is 5.95 Å². The van der Waals surface area contributed by atoms with Gasteiger partial charge in [-0.25, -0.2) is 4.79 Å². The number of esters is 1. The van der Waals surface area contributed by atoms with Crippen molar-refractivity contribution in [1.29, 1.82) is 0 Å². The first kappa shape index (κ1) is 23.3. The van der Waals surface area contributed by atoms with Crippen molar-refractivity contribution in [2.75, 3.05) is 24.7 Å². The summed E-state index contributed by atoms with van der Waals surface area (Å²) in [5.41, 5.74) is 2.64. The second-order valence-corrected chi connectivity index (χ2v) is 9.77. The summed E-state index contributed by atoms with van der Waals surface area (Å²) >= 11 is 2.63. The molecular formula is C22H24N4O5S2. The summed E-state index contributed by atoms with van der Waals surface area (Å²) < 4.78 is 10.9. The second-order valence-electron chi connectivity index (χ2n) is 7.58. The molecule has 0 atom stereocenters. The van der Waals surface area contributed by atoms with E-state index in [0.717, 1.165) is 23.5 Å². The molecule has 1 amide bonds. The lowest BCUT2D eigenvalue weighted by Gasteiger charge is -2.27. The van der Waals surface area contributed by atoms with Crippen molar-refractivity contribution in [3.63, 3.8) is 0 Å². The van der Waals surface area contributed by atoms with Gasteiger partial charge in [0.1, 0.15) is 5.00 Å². The van der Waals surface area contributed by atoms with Crippen LogP contribution in [0.4, 0.5) is 5.00 Å². The second kappa shape index (κ2) is 10.4. The van der Waals surface area contributed by atoms with Gasteiger partial charge in [-0.1, -0.05) is 46.8 Å². The number of thioether (sulfide) groups is 1. The zero-order valence-corrected chi connectivity index (χ0v) is 20.0. The lowest BCUT2D eigenvalue weighted by atomic mass is 10.0. The van der Waals surface area contributed by atoms with E-state index in [9.17, 15) is 14.7 Å². The summed E-state index contributed by atoms with van der Waals surface area (Å²) in [7, 11) is 2.95. The summed E-state index contributed by atoms with van der Waals surface area (Å²) in [6.07, 6.45) is 0.879. The number of aromatic nitrogens is 2. The number of hydrogen-bond acceptors (Lipinski definition) is 9. The summed E-state index contributed by atoms with van der Waals surface area (Å²) in [5, 5.41) is 18.9. The van der Waals surface area contributed by atoms with Crippen LogP contribution >= 0.6 is 23.1 Å². The van der Waals surface area contributed by atoms with Gasteiger partial charge in [-0.2, -0.15) is 0 Å². The van der Waals surface area contributed by atoms with Crippen molar-refractivity contribution >= 4 is 40.0 Å². The smallest absolute Gasteiger partial charge is 0.341 e. The Labute approximate surface area is 199 Å². The fourth-order valence-corrected chi connectivity index (χ4v) is 5.88. The molecule has 1 N–H and O–H groups in total. The minimum atomic E-state index is -0.526. The van der Waals surface area contributed by atoms with E-state index < -0.39 is 11.9 Å². The quantitative estimate of drug-likeness (QED) is 0.292. The average Bonchev–Trinajstić information content (AvgIpc) is 3.32. The SMILES string of the molecule is COC(=O)c1c(NC(=O)CCSc2c([O-])on[n+]2C)sc2c1CCN(Cc1ccccc1)C2. The summed E-state index contributed by atoms with van der Waals surface area (Å²) in [6.45, 7) is 2.35.